The highest BCUT2D eigenvalue weighted by atomic mass is 35.5. The molecule has 3 rings (SSSR count). The molecular formula is C19H18Cl2N2O4. The highest BCUT2D eigenvalue weighted by molar-refractivity contribution is 6.35. The first-order valence-corrected chi connectivity index (χ1v) is 9.06. The number of halogens is 2. The van der Waals surface area contributed by atoms with Crippen LogP contribution in [0.4, 0.5) is 5.69 Å². The molecule has 0 saturated carbocycles. The molecule has 0 radical (unpaired) electrons. The number of hydrogen-bond acceptors (Lipinski definition) is 5. The van der Waals surface area contributed by atoms with Crippen LogP contribution >= 0.6 is 23.2 Å². The van der Waals surface area contributed by atoms with Crippen molar-refractivity contribution in [2.24, 2.45) is 0 Å². The number of carbonyl (C=O) groups is 2. The van der Waals surface area contributed by atoms with Crippen molar-refractivity contribution in [2.75, 3.05) is 11.9 Å². The molecule has 1 unspecified atom stereocenters. The summed E-state index contributed by atoms with van der Waals surface area (Å²) in [5.41, 5.74) is -0.555. The summed E-state index contributed by atoms with van der Waals surface area (Å²) in [6, 6.07) is 13.7. The van der Waals surface area contributed by atoms with Gasteiger partial charge in [0.25, 0.3) is 5.91 Å². The minimum Gasteiger partial charge on any atom is -0.459 e. The van der Waals surface area contributed by atoms with Crippen LogP contribution in [-0.4, -0.2) is 35.2 Å². The molecule has 6 nitrogen and oxygen atoms in total. The van der Waals surface area contributed by atoms with Crippen LogP contribution in [0.25, 0.3) is 0 Å². The Labute approximate surface area is 166 Å². The van der Waals surface area contributed by atoms with Gasteiger partial charge < -0.3 is 15.2 Å². The van der Waals surface area contributed by atoms with Crippen molar-refractivity contribution in [3.05, 3.63) is 64.1 Å². The van der Waals surface area contributed by atoms with Crippen LogP contribution in [0.15, 0.2) is 48.5 Å². The minimum atomic E-state index is -1.69. The molecule has 3 N–H and O–H groups in total. The lowest BCUT2D eigenvalue weighted by Crippen LogP contribution is -2.57. The average molecular weight is 409 g/mol. The van der Waals surface area contributed by atoms with Gasteiger partial charge >= 0.3 is 5.97 Å². The molecule has 1 saturated heterocycles. The number of benzene rings is 2. The molecule has 142 valence electrons. The third kappa shape index (κ3) is 4.59. The summed E-state index contributed by atoms with van der Waals surface area (Å²) in [4.78, 5) is 25.6. The molecule has 0 aromatic heterocycles. The van der Waals surface area contributed by atoms with Crippen molar-refractivity contribution in [1.29, 1.82) is 0 Å². The van der Waals surface area contributed by atoms with E-state index >= 15 is 0 Å². The maximum Gasteiger partial charge on any atom is 0.336 e. The number of nitrogens with one attached hydrogen (secondary N) is 2. The maximum absolute atomic E-state index is 12.9. The molecule has 8 heteroatoms. The fourth-order valence-electron chi connectivity index (χ4n) is 2.92. The predicted molar refractivity (Wildman–Crippen MR) is 103 cm³/mol. The van der Waals surface area contributed by atoms with Crippen LogP contribution in [0.3, 0.4) is 0 Å². The van der Waals surface area contributed by atoms with Crippen LogP contribution in [-0.2, 0) is 20.9 Å². The SMILES string of the molecule is O=C(Nc1cc(Cl)cc(Cl)c1)[C@@]1(C(=O)OCc2ccccc2)CC(O)CN1. The Morgan fingerprint density at radius 1 is 1.19 bits per heavy atom. The zero-order valence-corrected chi connectivity index (χ0v) is 15.8. The van der Waals surface area contributed by atoms with E-state index in [2.05, 4.69) is 10.6 Å². The van der Waals surface area contributed by atoms with Crippen molar-refractivity contribution < 1.29 is 19.4 Å². The monoisotopic (exact) mass is 408 g/mol. The zero-order valence-electron chi connectivity index (χ0n) is 14.2. The number of rotatable bonds is 5. The van der Waals surface area contributed by atoms with Gasteiger partial charge in [0.1, 0.15) is 6.61 Å². The molecule has 1 amide bonds. The summed E-state index contributed by atoms with van der Waals surface area (Å²) in [5.74, 6) is -1.40. The Balaban J connectivity index is 1.77. The van der Waals surface area contributed by atoms with Crippen molar-refractivity contribution in [3.8, 4) is 0 Å². The third-order valence-corrected chi connectivity index (χ3v) is 4.69. The Hall–Kier alpha value is -2.12. The lowest BCUT2D eigenvalue weighted by Gasteiger charge is -2.26. The average Bonchev–Trinajstić information content (AvgIpc) is 3.03. The van der Waals surface area contributed by atoms with Gasteiger partial charge in [0.05, 0.1) is 6.10 Å². The lowest BCUT2D eigenvalue weighted by molar-refractivity contribution is -0.155. The van der Waals surface area contributed by atoms with E-state index in [4.69, 9.17) is 27.9 Å². The van der Waals surface area contributed by atoms with E-state index in [0.717, 1.165) is 5.56 Å². The summed E-state index contributed by atoms with van der Waals surface area (Å²) in [6.45, 7) is 0.125. The number of esters is 1. The van der Waals surface area contributed by atoms with Gasteiger partial charge in [-0.05, 0) is 23.8 Å². The van der Waals surface area contributed by atoms with Crippen LogP contribution in [0.1, 0.15) is 12.0 Å². The van der Waals surface area contributed by atoms with Crippen LogP contribution in [0.2, 0.25) is 10.0 Å². The highest BCUT2D eigenvalue weighted by Gasteiger charge is 2.52. The van der Waals surface area contributed by atoms with Crippen molar-refractivity contribution >= 4 is 40.8 Å². The number of anilines is 1. The van der Waals surface area contributed by atoms with E-state index in [1.165, 1.54) is 18.2 Å². The first-order valence-electron chi connectivity index (χ1n) is 8.31. The van der Waals surface area contributed by atoms with Crippen LogP contribution in [0, 0.1) is 0 Å². The molecule has 0 spiro atoms. The fourth-order valence-corrected chi connectivity index (χ4v) is 3.45. The van der Waals surface area contributed by atoms with Gasteiger partial charge in [-0.3, -0.25) is 10.1 Å². The number of ether oxygens (including phenoxy) is 1. The minimum absolute atomic E-state index is 0.0233. The quantitative estimate of drug-likeness (QED) is 0.522. The second-order valence-electron chi connectivity index (χ2n) is 6.32. The number of amides is 1. The summed E-state index contributed by atoms with van der Waals surface area (Å²) in [7, 11) is 0. The van der Waals surface area contributed by atoms with E-state index in [1.54, 1.807) is 0 Å². The first-order chi connectivity index (χ1) is 12.9. The Morgan fingerprint density at radius 3 is 2.44 bits per heavy atom. The summed E-state index contributed by atoms with van der Waals surface area (Å²) < 4.78 is 5.34. The lowest BCUT2D eigenvalue weighted by atomic mass is 9.95. The second-order valence-corrected chi connectivity index (χ2v) is 7.19. The standard InChI is InChI=1S/C19H18Cl2N2O4/c20-13-6-14(21)8-15(7-13)23-17(25)19(9-16(24)10-22-19)18(26)27-11-12-4-2-1-3-5-12/h1-8,16,22,24H,9-11H2,(H,23,25)/t16?,19-/m1/s1. The van der Waals surface area contributed by atoms with E-state index < -0.39 is 23.5 Å². The van der Waals surface area contributed by atoms with Gasteiger partial charge in [-0.15, -0.1) is 0 Å². The first kappa shape index (κ1) is 19.6. The number of hydrogen-bond donors (Lipinski definition) is 3. The van der Waals surface area contributed by atoms with E-state index in [0.29, 0.717) is 15.7 Å². The summed E-state index contributed by atoms with van der Waals surface area (Å²) in [5, 5.41) is 16.0. The molecular weight excluding hydrogens is 391 g/mol. The van der Waals surface area contributed by atoms with E-state index in [-0.39, 0.29) is 19.6 Å². The number of β-amino-alcohol motifs (C(OH)–C–C–N with tert-alkyl or cyclic N) is 1. The molecule has 2 aromatic rings. The van der Waals surface area contributed by atoms with Gasteiger partial charge in [0.2, 0.25) is 0 Å². The molecule has 1 aliphatic heterocycles. The third-order valence-electron chi connectivity index (χ3n) is 4.25. The summed E-state index contributed by atoms with van der Waals surface area (Å²) in [6.07, 6.45) is -0.941. The van der Waals surface area contributed by atoms with E-state index in [9.17, 15) is 14.7 Å². The van der Waals surface area contributed by atoms with Crippen molar-refractivity contribution in [1.82, 2.24) is 5.32 Å². The molecule has 2 atom stereocenters. The summed E-state index contributed by atoms with van der Waals surface area (Å²) >= 11 is 11.9. The highest BCUT2D eigenvalue weighted by Crippen LogP contribution is 2.27. The molecule has 1 aliphatic rings. The largest absolute Gasteiger partial charge is 0.459 e. The van der Waals surface area contributed by atoms with Crippen LogP contribution < -0.4 is 10.6 Å². The zero-order chi connectivity index (χ0) is 19.4. The van der Waals surface area contributed by atoms with Gasteiger partial charge in [0.15, 0.2) is 5.54 Å². The molecule has 2 aromatic carbocycles. The molecule has 27 heavy (non-hydrogen) atoms. The van der Waals surface area contributed by atoms with Gasteiger partial charge in [0, 0.05) is 28.7 Å². The second kappa shape index (κ2) is 8.27. The number of aliphatic hydroxyl groups excluding tert-OH is 1. The molecule has 1 fully saturated rings. The Kier molecular flexibility index (Phi) is 6.01. The maximum atomic E-state index is 12.9. The van der Waals surface area contributed by atoms with Crippen molar-refractivity contribution in [3.63, 3.8) is 0 Å². The number of aliphatic hydroxyl groups is 1. The fraction of sp³-hybridized carbons (Fsp3) is 0.263. The Morgan fingerprint density at radius 2 is 1.85 bits per heavy atom. The smallest absolute Gasteiger partial charge is 0.336 e. The van der Waals surface area contributed by atoms with Gasteiger partial charge in [-0.25, -0.2) is 4.79 Å². The molecule has 0 aliphatic carbocycles. The van der Waals surface area contributed by atoms with Crippen LogP contribution in [0.5, 0.6) is 0 Å². The van der Waals surface area contributed by atoms with E-state index in [1.807, 2.05) is 30.3 Å². The molecule has 1 heterocycles. The number of carbonyl (C=O) groups excluding carboxylic acids is 2. The Bertz CT molecular complexity index is 827. The topological polar surface area (TPSA) is 87.7 Å². The van der Waals surface area contributed by atoms with Gasteiger partial charge in [-0.1, -0.05) is 53.5 Å². The van der Waals surface area contributed by atoms with Gasteiger partial charge in [-0.2, -0.15) is 0 Å². The normalized spacial score (nSPS) is 21.7. The molecule has 0 bridgehead atoms. The predicted octanol–water partition coefficient (Wildman–Crippen LogP) is 2.77. The van der Waals surface area contributed by atoms with Crippen molar-refractivity contribution in [2.45, 2.75) is 24.7 Å².